The van der Waals surface area contributed by atoms with Gasteiger partial charge in [0, 0.05) is 18.0 Å². The van der Waals surface area contributed by atoms with Gasteiger partial charge in [0.2, 0.25) is 10.0 Å². The molecule has 0 spiro atoms. The molecule has 0 bridgehead atoms. The van der Waals surface area contributed by atoms with E-state index in [1.54, 1.807) is 24.7 Å². The van der Waals surface area contributed by atoms with Crippen LogP contribution in [0.2, 0.25) is 0 Å². The van der Waals surface area contributed by atoms with E-state index in [1.165, 1.54) is 11.3 Å². The molecule has 0 atom stereocenters. The zero-order chi connectivity index (χ0) is 14.6. The average molecular weight is 311 g/mol. The predicted molar refractivity (Wildman–Crippen MR) is 80.1 cm³/mol. The molecule has 0 unspecified atom stereocenters. The van der Waals surface area contributed by atoms with Crippen molar-refractivity contribution in [3.63, 3.8) is 0 Å². The van der Waals surface area contributed by atoms with Crippen molar-refractivity contribution in [2.24, 2.45) is 0 Å². The number of nitrogens with one attached hydrogen (secondary N) is 2. The van der Waals surface area contributed by atoms with Gasteiger partial charge < -0.3 is 5.32 Å². The van der Waals surface area contributed by atoms with Gasteiger partial charge in [-0.2, -0.15) is 0 Å². The lowest BCUT2D eigenvalue weighted by atomic mass is 10.2. The number of aromatic nitrogens is 1. The van der Waals surface area contributed by atoms with Crippen molar-refractivity contribution in [2.45, 2.75) is 24.9 Å². The van der Waals surface area contributed by atoms with Gasteiger partial charge in [0.05, 0.1) is 16.1 Å². The number of hydrogen-bond acceptors (Lipinski definition) is 5. The molecule has 0 aliphatic rings. The van der Waals surface area contributed by atoms with Crippen molar-refractivity contribution in [3.05, 3.63) is 45.9 Å². The summed E-state index contributed by atoms with van der Waals surface area (Å²) >= 11 is 1.45. The summed E-state index contributed by atoms with van der Waals surface area (Å²) in [6.45, 7) is 2.65. The summed E-state index contributed by atoms with van der Waals surface area (Å²) in [5.74, 6) is 0. The van der Waals surface area contributed by atoms with Gasteiger partial charge in [0.25, 0.3) is 0 Å². The second-order valence-corrected chi connectivity index (χ2v) is 7.00. The minimum atomic E-state index is -3.52. The number of rotatable bonds is 6. The first kappa shape index (κ1) is 15.1. The summed E-state index contributed by atoms with van der Waals surface area (Å²) in [5, 5.41) is 2.98. The molecule has 1 heterocycles. The SMILES string of the molecule is CNCc1ccccc1S(=O)(=O)NCc1scnc1C. The summed E-state index contributed by atoms with van der Waals surface area (Å²) in [6.07, 6.45) is 0. The molecule has 20 heavy (non-hydrogen) atoms. The van der Waals surface area contributed by atoms with Crippen molar-refractivity contribution in [1.29, 1.82) is 0 Å². The van der Waals surface area contributed by atoms with Crippen LogP contribution in [0.1, 0.15) is 16.1 Å². The van der Waals surface area contributed by atoms with Crippen LogP contribution in [0.4, 0.5) is 0 Å². The molecule has 0 fully saturated rings. The minimum absolute atomic E-state index is 0.271. The summed E-state index contributed by atoms with van der Waals surface area (Å²) in [4.78, 5) is 5.36. The highest BCUT2D eigenvalue weighted by Gasteiger charge is 2.18. The van der Waals surface area contributed by atoms with E-state index in [9.17, 15) is 8.42 Å². The Kier molecular flexibility index (Phi) is 4.87. The van der Waals surface area contributed by atoms with Crippen LogP contribution in [0.15, 0.2) is 34.7 Å². The van der Waals surface area contributed by atoms with Crippen molar-refractivity contribution >= 4 is 21.4 Å². The van der Waals surface area contributed by atoms with Crippen molar-refractivity contribution in [1.82, 2.24) is 15.0 Å². The fourth-order valence-corrected chi connectivity index (χ4v) is 3.88. The monoisotopic (exact) mass is 311 g/mol. The Hall–Kier alpha value is -1.28. The highest BCUT2D eigenvalue weighted by molar-refractivity contribution is 7.89. The van der Waals surface area contributed by atoms with Gasteiger partial charge in [-0.05, 0) is 25.6 Å². The van der Waals surface area contributed by atoms with E-state index in [1.807, 2.05) is 19.1 Å². The molecular formula is C13H17N3O2S2. The van der Waals surface area contributed by atoms with Crippen LogP contribution in [-0.2, 0) is 23.1 Å². The maximum atomic E-state index is 12.4. The zero-order valence-electron chi connectivity index (χ0n) is 11.4. The molecule has 2 N–H and O–H groups in total. The van der Waals surface area contributed by atoms with E-state index >= 15 is 0 Å². The number of sulfonamides is 1. The van der Waals surface area contributed by atoms with Crippen LogP contribution < -0.4 is 10.0 Å². The van der Waals surface area contributed by atoms with Gasteiger partial charge in [-0.25, -0.2) is 18.1 Å². The number of benzene rings is 1. The first-order valence-corrected chi connectivity index (χ1v) is 8.52. The Labute approximate surface area is 123 Å². The van der Waals surface area contributed by atoms with Crippen molar-refractivity contribution in [3.8, 4) is 0 Å². The standard InChI is InChI=1S/C13H17N3O2S2/c1-10-12(19-9-15-10)8-16-20(17,18)13-6-4-3-5-11(13)7-14-2/h3-6,9,14,16H,7-8H2,1-2H3. The van der Waals surface area contributed by atoms with Gasteiger partial charge in [-0.1, -0.05) is 18.2 Å². The van der Waals surface area contributed by atoms with E-state index in [0.717, 1.165) is 16.1 Å². The second-order valence-electron chi connectivity index (χ2n) is 4.32. The molecule has 1 aromatic carbocycles. The lowest BCUT2D eigenvalue weighted by Gasteiger charge is -2.11. The summed E-state index contributed by atoms with van der Waals surface area (Å²) in [6, 6.07) is 6.99. The molecule has 0 saturated heterocycles. The Balaban J connectivity index is 2.20. The third kappa shape index (κ3) is 3.43. The summed E-state index contributed by atoms with van der Waals surface area (Å²) < 4.78 is 27.4. The molecule has 0 saturated carbocycles. The maximum absolute atomic E-state index is 12.4. The molecule has 5 nitrogen and oxygen atoms in total. The number of nitrogens with zero attached hydrogens (tertiary/aromatic N) is 1. The first-order valence-electron chi connectivity index (χ1n) is 6.15. The van der Waals surface area contributed by atoms with Gasteiger partial charge in [0.15, 0.2) is 0 Å². The average Bonchev–Trinajstić information content (AvgIpc) is 2.83. The molecule has 108 valence electrons. The Bertz CT molecular complexity index is 680. The molecule has 1 aromatic heterocycles. The topological polar surface area (TPSA) is 71.1 Å². The Morgan fingerprint density at radius 1 is 1.25 bits per heavy atom. The van der Waals surface area contributed by atoms with Crippen LogP contribution in [0, 0.1) is 6.92 Å². The quantitative estimate of drug-likeness (QED) is 0.851. The Morgan fingerprint density at radius 3 is 2.65 bits per heavy atom. The van der Waals surface area contributed by atoms with Gasteiger partial charge in [-0.3, -0.25) is 0 Å². The van der Waals surface area contributed by atoms with Crippen LogP contribution in [0.5, 0.6) is 0 Å². The van der Waals surface area contributed by atoms with Crippen LogP contribution >= 0.6 is 11.3 Å². The largest absolute Gasteiger partial charge is 0.316 e. The summed E-state index contributed by atoms with van der Waals surface area (Å²) in [7, 11) is -1.73. The fourth-order valence-electron chi connectivity index (χ4n) is 1.84. The molecule has 2 aromatic rings. The van der Waals surface area contributed by atoms with Crippen molar-refractivity contribution in [2.75, 3.05) is 7.05 Å². The van der Waals surface area contributed by atoms with Crippen LogP contribution in [0.25, 0.3) is 0 Å². The third-order valence-corrected chi connectivity index (χ3v) is 5.33. The van der Waals surface area contributed by atoms with E-state index < -0.39 is 10.0 Å². The van der Waals surface area contributed by atoms with Crippen LogP contribution in [-0.4, -0.2) is 20.4 Å². The molecule has 0 radical (unpaired) electrons. The van der Waals surface area contributed by atoms with Gasteiger partial charge in [0.1, 0.15) is 0 Å². The Morgan fingerprint density at radius 2 is 2.00 bits per heavy atom. The zero-order valence-corrected chi connectivity index (χ0v) is 13.0. The molecule has 0 aliphatic heterocycles. The van der Waals surface area contributed by atoms with Gasteiger partial charge >= 0.3 is 0 Å². The number of hydrogen-bond donors (Lipinski definition) is 2. The number of aryl methyl sites for hydroxylation is 1. The van der Waals surface area contributed by atoms with E-state index in [2.05, 4.69) is 15.0 Å². The highest BCUT2D eigenvalue weighted by atomic mass is 32.2. The molecule has 2 rings (SSSR count). The highest BCUT2D eigenvalue weighted by Crippen LogP contribution is 2.17. The second kappa shape index (κ2) is 6.45. The maximum Gasteiger partial charge on any atom is 0.241 e. The molecular weight excluding hydrogens is 294 g/mol. The predicted octanol–water partition coefficient (Wildman–Crippen LogP) is 1.65. The van der Waals surface area contributed by atoms with Crippen molar-refractivity contribution < 1.29 is 8.42 Å². The number of thiazole rings is 1. The lowest BCUT2D eigenvalue weighted by Crippen LogP contribution is -2.25. The summed E-state index contributed by atoms with van der Waals surface area (Å²) in [5.41, 5.74) is 3.33. The first-order chi connectivity index (χ1) is 9.54. The van der Waals surface area contributed by atoms with E-state index in [4.69, 9.17) is 0 Å². The van der Waals surface area contributed by atoms with E-state index in [-0.39, 0.29) is 6.54 Å². The normalized spacial score (nSPS) is 11.7. The smallest absolute Gasteiger partial charge is 0.241 e. The van der Waals surface area contributed by atoms with Crippen LogP contribution in [0.3, 0.4) is 0 Å². The van der Waals surface area contributed by atoms with Gasteiger partial charge in [-0.15, -0.1) is 11.3 Å². The lowest BCUT2D eigenvalue weighted by molar-refractivity contribution is 0.579. The fraction of sp³-hybridized carbons (Fsp3) is 0.308. The molecule has 0 aliphatic carbocycles. The third-order valence-electron chi connectivity index (χ3n) is 2.90. The molecule has 7 heteroatoms. The molecule has 0 amide bonds. The van der Waals surface area contributed by atoms with E-state index in [0.29, 0.717) is 11.4 Å². The minimum Gasteiger partial charge on any atom is -0.316 e.